The van der Waals surface area contributed by atoms with E-state index in [1.807, 2.05) is 0 Å². The lowest BCUT2D eigenvalue weighted by Crippen LogP contribution is -2.16. The standard InChI is InChI=1S/C14H8BrClF3NO2/c15-7-1-3-10(14(17,18)19)11(5-7)20-13(22)9-6-8(16)2-4-12(9)21/h1-6,21H,(H,20,22). The summed E-state index contributed by atoms with van der Waals surface area (Å²) in [6.07, 6.45) is -4.63. The molecule has 0 atom stereocenters. The normalized spacial score (nSPS) is 11.3. The number of amides is 1. The van der Waals surface area contributed by atoms with Crippen molar-refractivity contribution >= 4 is 39.1 Å². The molecule has 2 aromatic carbocycles. The van der Waals surface area contributed by atoms with Gasteiger partial charge >= 0.3 is 6.18 Å². The minimum atomic E-state index is -4.63. The van der Waals surface area contributed by atoms with E-state index in [0.29, 0.717) is 4.47 Å². The number of hydrogen-bond acceptors (Lipinski definition) is 2. The molecule has 0 saturated heterocycles. The second-order valence-corrected chi connectivity index (χ2v) is 5.66. The molecule has 0 spiro atoms. The van der Waals surface area contributed by atoms with Crippen LogP contribution in [-0.4, -0.2) is 11.0 Å². The van der Waals surface area contributed by atoms with E-state index in [2.05, 4.69) is 21.2 Å². The number of rotatable bonds is 2. The Morgan fingerprint density at radius 3 is 2.50 bits per heavy atom. The zero-order valence-electron chi connectivity index (χ0n) is 10.7. The Hall–Kier alpha value is -1.73. The molecule has 0 aliphatic rings. The number of alkyl halides is 3. The number of anilines is 1. The first-order chi connectivity index (χ1) is 10.2. The molecular weight excluding hydrogens is 387 g/mol. The third-order valence-corrected chi connectivity index (χ3v) is 3.47. The summed E-state index contributed by atoms with van der Waals surface area (Å²) >= 11 is 8.76. The molecule has 3 nitrogen and oxygen atoms in total. The zero-order chi connectivity index (χ0) is 16.5. The lowest BCUT2D eigenvalue weighted by molar-refractivity contribution is -0.136. The summed E-state index contributed by atoms with van der Waals surface area (Å²) in [6, 6.07) is 6.89. The number of benzene rings is 2. The summed E-state index contributed by atoms with van der Waals surface area (Å²) in [5, 5.41) is 11.9. The van der Waals surface area contributed by atoms with E-state index < -0.39 is 23.3 Å². The van der Waals surface area contributed by atoms with Crippen LogP contribution in [0, 0.1) is 0 Å². The second kappa shape index (κ2) is 6.18. The highest BCUT2D eigenvalue weighted by atomic mass is 79.9. The maximum atomic E-state index is 12.9. The highest BCUT2D eigenvalue weighted by molar-refractivity contribution is 9.10. The molecule has 0 heterocycles. The van der Waals surface area contributed by atoms with E-state index in [1.54, 1.807) is 0 Å². The summed E-state index contributed by atoms with van der Waals surface area (Å²) in [7, 11) is 0. The van der Waals surface area contributed by atoms with Crippen molar-refractivity contribution in [3.8, 4) is 5.75 Å². The number of nitrogens with one attached hydrogen (secondary N) is 1. The molecule has 2 N–H and O–H groups in total. The molecule has 0 aliphatic carbocycles. The van der Waals surface area contributed by atoms with Crippen molar-refractivity contribution < 1.29 is 23.1 Å². The van der Waals surface area contributed by atoms with Gasteiger partial charge in [-0.25, -0.2) is 0 Å². The Morgan fingerprint density at radius 2 is 1.86 bits per heavy atom. The fourth-order valence-corrected chi connectivity index (χ4v) is 2.28. The van der Waals surface area contributed by atoms with Crippen molar-refractivity contribution in [2.75, 3.05) is 5.32 Å². The van der Waals surface area contributed by atoms with Gasteiger partial charge in [0.1, 0.15) is 5.75 Å². The van der Waals surface area contributed by atoms with Gasteiger partial charge in [0.05, 0.1) is 16.8 Å². The van der Waals surface area contributed by atoms with Gasteiger partial charge in [-0.15, -0.1) is 0 Å². The van der Waals surface area contributed by atoms with Crippen LogP contribution in [0.5, 0.6) is 5.75 Å². The number of carbonyl (C=O) groups excluding carboxylic acids is 1. The van der Waals surface area contributed by atoms with Gasteiger partial charge in [-0.2, -0.15) is 13.2 Å². The Balaban J connectivity index is 2.40. The van der Waals surface area contributed by atoms with Crippen LogP contribution in [0.1, 0.15) is 15.9 Å². The predicted octanol–water partition coefficient (Wildman–Crippen LogP) is 5.08. The average Bonchev–Trinajstić information content (AvgIpc) is 2.40. The fourth-order valence-electron chi connectivity index (χ4n) is 1.75. The van der Waals surface area contributed by atoms with Crippen molar-refractivity contribution in [1.82, 2.24) is 0 Å². The maximum absolute atomic E-state index is 12.9. The summed E-state index contributed by atoms with van der Waals surface area (Å²) in [4.78, 5) is 12.1. The first-order valence-corrected chi connectivity index (χ1v) is 7.02. The SMILES string of the molecule is O=C(Nc1cc(Br)ccc1C(F)(F)F)c1cc(Cl)ccc1O. The van der Waals surface area contributed by atoms with E-state index >= 15 is 0 Å². The monoisotopic (exact) mass is 393 g/mol. The highest BCUT2D eigenvalue weighted by Crippen LogP contribution is 2.36. The van der Waals surface area contributed by atoms with Crippen LogP contribution in [0.2, 0.25) is 5.02 Å². The third-order valence-electron chi connectivity index (χ3n) is 2.74. The smallest absolute Gasteiger partial charge is 0.418 e. The van der Waals surface area contributed by atoms with Crippen molar-refractivity contribution in [2.45, 2.75) is 6.18 Å². The molecule has 8 heteroatoms. The summed E-state index contributed by atoms with van der Waals surface area (Å²) in [5.74, 6) is -1.28. The van der Waals surface area contributed by atoms with E-state index in [0.717, 1.165) is 18.2 Å². The first kappa shape index (κ1) is 16.6. The van der Waals surface area contributed by atoms with Crippen LogP contribution in [0.25, 0.3) is 0 Å². The quantitative estimate of drug-likeness (QED) is 0.746. The summed E-state index contributed by atoms with van der Waals surface area (Å²) in [6.45, 7) is 0. The van der Waals surface area contributed by atoms with Gasteiger partial charge in [-0.05, 0) is 36.4 Å². The van der Waals surface area contributed by atoms with Gasteiger partial charge in [0, 0.05) is 9.50 Å². The van der Waals surface area contributed by atoms with Gasteiger partial charge in [0.25, 0.3) is 5.91 Å². The fraction of sp³-hybridized carbons (Fsp3) is 0.0714. The number of carbonyl (C=O) groups is 1. The molecule has 22 heavy (non-hydrogen) atoms. The van der Waals surface area contributed by atoms with Crippen molar-refractivity contribution in [1.29, 1.82) is 0 Å². The van der Waals surface area contributed by atoms with Gasteiger partial charge < -0.3 is 10.4 Å². The topological polar surface area (TPSA) is 49.3 Å². The molecule has 116 valence electrons. The van der Waals surface area contributed by atoms with Crippen LogP contribution in [0.4, 0.5) is 18.9 Å². The van der Waals surface area contributed by atoms with Crippen LogP contribution in [0.3, 0.4) is 0 Å². The first-order valence-electron chi connectivity index (χ1n) is 5.85. The molecule has 0 fully saturated rings. The van der Waals surface area contributed by atoms with E-state index in [9.17, 15) is 23.1 Å². The van der Waals surface area contributed by atoms with Crippen molar-refractivity contribution in [3.05, 3.63) is 57.0 Å². The van der Waals surface area contributed by atoms with Crippen LogP contribution < -0.4 is 5.32 Å². The number of aromatic hydroxyl groups is 1. The molecule has 0 aliphatic heterocycles. The number of hydrogen-bond donors (Lipinski definition) is 2. The molecule has 0 bridgehead atoms. The minimum absolute atomic E-state index is 0.174. The Kier molecular flexibility index (Phi) is 4.67. The largest absolute Gasteiger partial charge is 0.507 e. The number of halogens is 5. The molecule has 0 saturated carbocycles. The van der Waals surface area contributed by atoms with Gasteiger partial charge in [0.15, 0.2) is 0 Å². The zero-order valence-corrected chi connectivity index (χ0v) is 13.1. The van der Waals surface area contributed by atoms with Gasteiger partial charge in [-0.1, -0.05) is 27.5 Å². The number of phenols is 1. The molecule has 0 radical (unpaired) electrons. The molecule has 1 amide bonds. The van der Waals surface area contributed by atoms with Crippen molar-refractivity contribution in [3.63, 3.8) is 0 Å². The van der Waals surface area contributed by atoms with Crippen LogP contribution in [0.15, 0.2) is 40.9 Å². The lowest BCUT2D eigenvalue weighted by Gasteiger charge is -2.14. The van der Waals surface area contributed by atoms with E-state index in [1.165, 1.54) is 18.2 Å². The van der Waals surface area contributed by atoms with Gasteiger partial charge in [0.2, 0.25) is 0 Å². The lowest BCUT2D eigenvalue weighted by atomic mass is 10.1. The second-order valence-electron chi connectivity index (χ2n) is 4.30. The van der Waals surface area contributed by atoms with E-state index in [-0.39, 0.29) is 16.3 Å². The summed E-state index contributed by atoms with van der Waals surface area (Å²) in [5.41, 5.74) is -1.64. The predicted molar refractivity (Wildman–Crippen MR) is 80.2 cm³/mol. The number of phenolic OH excluding ortho intramolecular Hbond substituents is 1. The average molecular weight is 395 g/mol. The van der Waals surface area contributed by atoms with Crippen LogP contribution in [-0.2, 0) is 6.18 Å². The Bertz CT molecular complexity index is 735. The van der Waals surface area contributed by atoms with Gasteiger partial charge in [-0.3, -0.25) is 4.79 Å². The van der Waals surface area contributed by atoms with Crippen molar-refractivity contribution in [2.24, 2.45) is 0 Å². The summed E-state index contributed by atoms with van der Waals surface area (Å²) < 4.78 is 39.2. The minimum Gasteiger partial charge on any atom is -0.507 e. The Labute approximate surface area is 136 Å². The third kappa shape index (κ3) is 3.72. The van der Waals surface area contributed by atoms with Crippen LogP contribution >= 0.6 is 27.5 Å². The Morgan fingerprint density at radius 1 is 1.18 bits per heavy atom. The highest BCUT2D eigenvalue weighted by Gasteiger charge is 2.34. The van der Waals surface area contributed by atoms with E-state index in [4.69, 9.17) is 11.6 Å². The molecule has 0 unspecified atom stereocenters. The molecule has 2 rings (SSSR count). The maximum Gasteiger partial charge on any atom is 0.418 e. The molecule has 0 aromatic heterocycles. The molecular formula is C14H8BrClF3NO2. The molecule has 2 aromatic rings.